The topological polar surface area (TPSA) is 82.1 Å². The Balaban J connectivity index is 1.79. The van der Waals surface area contributed by atoms with Crippen molar-refractivity contribution in [1.29, 1.82) is 0 Å². The smallest absolute Gasteiger partial charge is 0.255 e. The van der Waals surface area contributed by atoms with Crippen LogP contribution in [0.15, 0.2) is 72.8 Å². The molecule has 2 atom stereocenters. The van der Waals surface area contributed by atoms with E-state index < -0.39 is 12.0 Å². The molecule has 0 radical (unpaired) electrons. The van der Waals surface area contributed by atoms with Crippen LogP contribution in [0.3, 0.4) is 0 Å². The molecule has 3 aromatic carbocycles. The van der Waals surface area contributed by atoms with E-state index in [-0.39, 0.29) is 25.0 Å². The van der Waals surface area contributed by atoms with Crippen molar-refractivity contribution in [2.24, 2.45) is 0 Å². The van der Waals surface area contributed by atoms with E-state index in [1.54, 1.807) is 18.1 Å². The van der Waals surface area contributed by atoms with Gasteiger partial charge >= 0.3 is 0 Å². The molecule has 0 aliphatic carbocycles. The molecule has 194 valence electrons. The number of aliphatic hydroxyl groups excluding tert-OH is 1. The number of carbonyl (C=O) groups excluding carboxylic acids is 2. The normalized spacial score (nSPS) is 17.0. The molecule has 7 nitrogen and oxygen atoms in total. The zero-order valence-corrected chi connectivity index (χ0v) is 21.7. The summed E-state index contributed by atoms with van der Waals surface area (Å²) in [5.41, 5.74) is 3.73. The molecular formula is C30H35N3O4. The molecule has 2 amide bonds. The average molecular weight is 502 g/mol. The Hall–Kier alpha value is -3.68. The summed E-state index contributed by atoms with van der Waals surface area (Å²) >= 11 is 0. The first kappa shape index (κ1) is 26.4. The molecule has 37 heavy (non-hydrogen) atoms. The lowest BCUT2D eigenvalue weighted by molar-refractivity contribution is -0.124. The van der Waals surface area contributed by atoms with Gasteiger partial charge in [-0.25, -0.2) is 0 Å². The maximum absolute atomic E-state index is 13.9. The van der Waals surface area contributed by atoms with Gasteiger partial charge in [0.15, 0.2) is 0 Å². The molecule has 0 spiro atoms. The molecule has 0 aromatic heterocycles. The van der Waals surface area contributed by atoms with Crippen LogP contribution in [0.5, 0.6) is 5.75 Å². The number of hydrogen-bond acceptors (Lipinski definition) is 5. The number of methoxy groups -OCH3 is 1. The number of aliphatic hydroxyl groups is 1. The van der Waals surface area contributed by atoms with Gasteiger partial charge < -0.3 is 25.0 Å². The largest absolute Gasteiger partial charge is 0.496 e. The summed E-state index contributed by atoms with van der Waals surface area (Å²) in [4.78, 5) is 31.6. The lowest BCUT2D eigenvalue weighted by atomic mass is 9.78. The van der Waals surface area contributed by atoms with E-state index in [4.69, 9.17) is 4.74 Å². The van der Waals surface area contributed by atoms with Crippen LogP contribution in [-0.4, -0.2) is 61.0 Å². The predicted molar refractivity (Wildman–Crippen MR) is 143 cm³/mol. The van der Waals surface area contributed by atoms with Crippen LogP contribution in [0.25, 0.3) is 0 Å². The highest BCUT2D eigenvalue weighted by Gasteiger charge is 2.44. The Bertz CT molecular complexity index is 1230. The minimum Gasteiger partial charge on any atom is -0.496 e. The molecular weight excluding hydrogens is 466 g/mol. The lowest BCUT2D eigenvalue weighted by Gasteiger charge is -2.42. The first-order valence-corrected chi connectivity index (χ1v) is 12.6. The summed E-state index contributed by atoms with van der Waals surface area (Å²) in [5, 5.41) is 12.7. The first-order chi connectivity index (χ1) is 17.9. The van der Waals surface area contributed by atoms with E-state index in [0.29, 0.717) is 17.9 Å². The number of nitrogens with one attached hydrogen (secondary N) is 1. The van der Waals surface area contributed by atoms with Gasteiger partial charge in [0.1, 0.15) is 5.75 Å². The van der Waals surface area contributed by atoms with Crippen molar-refractivity contribution in [2.75, 3.05) is 34.3 Å². The minimum absolute atomic E-state index is 0.0760. The molecule has 2 unspecified atom stereocenters. The molecule has 7 heteroatoms. The van der Waals surface area contributed by atoms with Crippen molar-refractivity contribution < 1.29 is 19.4 Å². The van der Waals surface area contributed by atoms with Crippen LogP contribution in [0.2, 0.25) is 0 Å². The van der Waals surface area contributed by atoms with Gasteiger partial charge in [0.25, 0.3) is 5.91 Å². The number of benzene rings is 3. The van der Waals surface area contributed by atoms with Gasteiger partial charge in [0, 0.05) is 17.7 Å². The van der Waals surface area contributed by atoms with Gasteiger partial charge in [0.05, 0.1) is 32.2 Å². The number of para-hydroxylation sites is 1. The third-order valence-corrected chi connectivity index (χ3v) is 6.84. The van der Waals surface area contributed by atoms with Gasteiger partial charge in [-0.15, -0.1) is 0 Å². The maximum atomic E-state index is 13.9. The third kappa shape index (κ3) is 5.84. The molecule has 3 aromatic rings. The molecule has 1 heterocycles. The highest BCUT2D eigenvalue weighted by atomic mass is 16.5. The molecule has 0 saturated carbocycles. The number of nitrogens with zero attached hydrogens (tertiary/aromatic N) is 2. The van der Waals surface area contributed by atoms with Crippen molar-refractivity contribution in [3.63, 3.8) is 0 Å². The molecule has 1 aliphatic rings. The quantitative estimate of drug-likeness (QED) is 0.414. The second-order valence-electron chi connectivity index (χ2n) is 9.60. The van der Waals surface area contributed by atoms with E-state index in [9.17, 15) is 14.7 Å². The van der Waals surface area contributed by atoms with Crippen LogP contribution in [0.4, 0.5) is 0 Å². The summed E-state index contributed by atoms with van der Waals surface area (Å²) in [6, 6.07) is 22.0. The number of amides is 2. The maximum Gasteiger partial charge on any atom is 0.255 e. The predicted octanol–water partition coefficient (Wildman–Crippen LogP) is 3.74. The fraction of sp³-hybridized carbons (Fsp3) is 0.333. The standard InChI is InChI=1S/C30H35N3O4/c1-32(2)18-8-17-31-29(35)27-24-10-5-6-11-25(24)30(36)33(19-23-9-4-7-12-26(23)37-3)28(27)22-15-13-21(20-34)14-16-22/h4-7,9-16,27-28,34H,8,17-20H2,1-3H3,(H,31,35). The van der Waals surface area contributed by atoms with Crippen molar-refractivity contribution in [2.45, 2.75) is 31.5 Å². The van der Waals surface area contributed by atoms with E-state index in [1.807, 2.05) is 80.8 Å². The lowest BCUT2D eigenvalue weighted by Crippen LogP contribution is -2.47. The van der Waals surface area contributed by atoms with E-state index in [2.05, 4.69) is 10.2 Å². The first-order valence-electron chi connectivity index (χ1n) is 12.6. The van der Waals surface area contributed by atoms with Gasteiger partial charge in [-0.3, -0.25) is 9.59 Å². The van der Waals surface area contributed by atoms with Gasteiger partial charge in [-0.1, -0.05) is 60.7 Å². The van der Waals surface area contributed by atoms with Crippen LogP contribution in [0.1, 0.15) is 51.0 Å². The average Bonchev–Trinajstić information content (AvgIpc) is 2.92. The van der Waals surface area contributed by atoms with E-state index in [1.165, 1.54) is 0 Å². The monoisotopic (exact) mass is 501 g/mol. The summed E-state index contributed by atoms with van der Waals surface area (Å²) < 4.78 is 5.57. The second-order valence-corrected chi connectivity index (χ2v) is 9.60. The third-order valence-electron chi connectivity index (χ3n) is 6.84. The number of ether oxygens (including phenoxy) is 1. The Labute approximate surface area is 218 Å². The van der Waals surface area contributed by atoms with E-state index >= 15 is 0 Å². The highest BCUT2D eigenvalue weighted by molar-refractivity contribution is 6.01. The summed E-state index contributed by atoms with van der Waals surface area (Å²) in [7, 11) is 5.63. The summed E-state index contributed by atoms with van der Waals surface area (Å²) in [5.74, 6) is -0.148. The highest BCUT2D eigenvalue weighted by Crippen LogP contribution is 2.44. The second kappa shape index (κ2) is 12.0. The Morgan fingerprint density at radius 1 is 1.03 bits per heavy atom. The van der Waals surface area contributed by atoms with Crippen molar-refractivity contribution in [3.05, 3.63) is 101 Å². The fourth-order valence-electron chi connectivity index (χ4n) is 4.98. The van der Waals surface area contributed by atoms with Gasteiger partial charge in [0.2, 0.25) is 5.91 Å². The van der Waals surface area contributed by atoms with Crippen molar-refractivity contribution >= 4 is 11.8 Å². The Morgan fingerprint density at radius 2 is 1.73 bits per heavy atom. The van der Waals surface area contributed by atoms with Crippen molar-refractivity contribution in [1.82, 2.24) is 15.1 Å². The Morgan fingerprint density at radius 3 is 2.43 bits per heavy atom. The molecule has 0 saturated heterocycles. The van der Waals surface area contributed by atoms with Crippen LogP contribution in [0, 0.1) is 0 Å². The number of fused-ring (bicyclic) bond motifs is 1. The molecule has 1 aliphatic heterocycles. The molecule has 0 bridgehead atoms. The number of carbonyl (C=O) groups is 2. The molecule has 4 rings (SSSR count). The van der Waals surface area contributed by atoms with Crippen molar-refractivity contribution in [3.8, 4) is 5.75 Å². The minimum atomic E-state index is -0.595. The van der Waals surface area contributed by atoms with Crippen LogP contribution in [-0.2, 0) is 17.9 Å². The Kier molecular flexibility index (Phi) is 8.58. The van der Waals surface area contributed by atoms with Gasteiger partial charge in [-0.05, 0) is 55.9 Å². The molecule has 0 fully saturated rings. The SMILES string of the molecule is COc1ccccc1CN1C(=O)c2ccccc2C(C(=O)NCCCN(C)C)C1c1ccc(CO)cc1. The summed E-state index contributed by atoms with van der Waals surface area (Å²) in [6.45, 7) is 1.62. The van der Waals surface area contributed by atoms with Crippen LogP contribution >= 0.6 is 0 Å². The zero-order valence-electron chi connectivity index (χ0n) is 21.7. The molecule has 2 N–H and O–H groups in total. The number of rotatable bonds is 10. The zero-order chi connectivity index (χ0) is 26.4. The van der Waals surface area contributed by atoms with E-state index in [0.717, 1.165) is 35.2 Å². The number of hydrogen-bond donors (Lipinski definition) is 2. The van der Waals surface area contributed by atoms with Gasteiger partial charge in [-0.2, -0.15) is 0 Å². The van der Waals surface area contributed by atoms with Crippen LogP contribution < -0.4 is 10.1 Å². The summed E-state index contributed by atoms with van der Waals surface area (Å²) in [6.07, 6.45) is 0.826. The fourth-order valence-corrected chi connectivity index (χ4v) is 4.98.